The van der Waals surface area contributed by atoms with Crippen molar-refractivity contribution in [1.29, 1.82) is 0 Å². The number of carbonyl (C=O) groups is 1. The van der Waals surface area contributed by atoms with Crippen LogP contribution in [0.15, 0.2) is 24.3 Å². The fraction of sp³-hybridized carbons (Fsp3) is 0.500. The average Bonchev–Trinajstić information content (AvgIpc) is 2.38. The molecule has 0 aliphatic carbocycles. The number of hydrogen-bond donors (Lipinski definition) is 2. The average molecular weight is 250 g/mol. The summed E-state index contributed by atoms with van der Waals surface area (Å²) in [7, 11) is 0. The van der Waals surface area contributed by atoms with Crippen LogP contribution in [-0.4, -0.2) is 23.1 Å². The Hall–Kier alpha value is -1.55. The number of rotatable bonds is 5. The summed E-state index contributed by atoms with van der Waals surface area (Å²) in [6.45, 7) is 6.25. The highest BCUT2D eigenvalue weighted by Gasteiger charge is 2.34. The minimum Gasteiger partial charge on any atom is -0.508 e. The maximum absolute atomic E-state index is 12.5. The molecular formula is C14H22N2O2. The molecule has 1 aromatic rings. The number of carbonyl (C=O) groups excluding carboxylic acids is 1. The normalized spacial score (nSPS) is 11.3. The number of benzene rings is 1. The number of aromatic hydroxyl groups is 1. The molecule has 1 rings (SSSR count). The molecule has 0 aliphatic rings. The minimum absolute atomic E-state index is 0.0967. The van der Waals surface area contributed by atoms with Crippen molar-refractivity contribution in [3.63, 3.8) is 0 Å². The van der Waals surface area contributed by atoms with Gasteiger partial charge in [-0.25, -0.2) is 0 Å². The van der Waals surface area contributed by atoms with Crippen LogP contribution in [0, 0.1) is 0 Å². The number of hydrogen-bond acceptors (Lipinski definition) is 3. The maximum atomic E-state index is 12.5. The summed E-state index contributed by atoms with van der Waals surface area (Å²) in [6, 6.07) is 6.67. The third-order valence-electron chi connectivity index (χ3n) is 3.39. The molecule has 0 atom stereocenters. The molecule has 1 amide bonds. The summed E-state index contributed by atoms with van der Waals surface area (Å²) in [6.07, 6.45) is 1.19. The van der Waals surface area contributed by atoms with Crippen LogP contribution in [0.5, 0.6) is 5.75 Å². The number of phenolic OH excluding ortho intramolecular Hbond substituents is 1. The highest BCUT2D eigenvalue weighted by atomic mass is 16.3. The standard InChI is InChI=1S/C14H22N2O2/c1-4-14(15,5-2)13(18)16(6-3)11-8-7-9-12(17)10-11/h7-10,17H,4-6,15H2,1-3H3. The molecular weight excluding hydrogens is 228 g/mol. The Morgan fingerprint density at radius 2 is 1.94 bits per heavy atom. The topological polar surface area (TPSA) is 66.6 Å². The van der Waals surface area contributed by atoms with Gasteiger partial charge >= 0.3 is 0 Å². The molecule has 0 spiro atoms. The predicted octanol–water partition coefficient (Wildman–Crippen LogP) is 2.26. The summed E-state index contributed by atoms with van der Waals surface area (Å²) in [5.74, 6) is 0.0509. The lowest BCUT2D eigenvalue weighted by molar-refractivity contribution is -0.123. The lowest BCUT2D eigenvalue weighted by Crippen LogP contribution is -2.54. The Labute approximate surface area is 108 Å². The van der Waals surface area contributed by atoms with Crippen LogP contribution < -0.4 is 10.6 Å². The number of nitrogens with two attached hydrogens (primary N) is 1. The first-order valence-electron chi connectivity index (χ1n) is 6.38. The fourth-order valence-electron chi connectivity index (χ4n) is 1.93. The van der Waals surface area contributed by atoms with Crippen LogP contribution in [0.4, 0.5) is 5.69 Å². The van der Waals surface area contributed by atoms with Gasteiger partial charge in [0.2, 0.25) is 5.91 Å². The van der Waals surface area contributed by atoms with Gasteiger partial charge in [0.05, 0.1) is 5.54 Å². The van der Waals surface area contributed by atoms with E-state index >= 15 is 0 Å². The van der Waals surface area contributed by atoms with Gasteiger partial charge in [0.15, 0.2) is 0 Å². The van der Waals surface area contributed by atoms with Crippen molar-refractivity contribution >= 4 is 11.6 Å². The largest absolute Gasteiger partial charge is 0.508 e. The molecule has 1 aromatic carbocycles. The molecule has 18 heavy (non-hydrogen) atoms. The van der Waals surface area contributed by atoms with Crippen LogP contribution in [0.3, 0.4) is 0 Å². The zero-order chi connectivity index (χ0) is 13.8. The van der Waals surface area contributed by atoms with Crippen LogP contribution in [-0.2, 0) is 4.79 Å². The number of anilines is 1. The molecule has 0 aliphatic heterocycles. The Balaban J connectivity index is 3.07. The van der Waals surface area contributed by atoms with Crippen LogP contribution in [0.25, 0.3) is 0 Å². The van der Waals surface area contributed by atoms with Gasteiger partial charge in [-0.3, -0.25) is 4.79 Å². The van der Waals surface area contributed by atoms with Crippen molar-refractivity contribution in [3.05, 3.63) is 24.3 Å². The zero-order valence-corrected chi connectivity index (χ0v) is 11.3. The first kappa shape index (κ1) is 14.5. The smallest absolute Gasteiger partial charge is 0.247 e. The molecule has 100 valence electrons. The Morgan fingerprint density at radius 3 is 2.39 bits per heavy atom. The van der Waals surface area contributed by atoms with Gasteiger partial charge in [0.1, 0.15) is 5.75 Å². The summed E-state index contributed by atoms with van der Waals surface area (Å²) in [5, 5.41) is 9.49. The van der Waals surface area contributed by atoms with E-state index in [4.69, 9.17) is 5.73 Å². The van der Waals surface area contributed by atoms with Crippen molar-refractivity contribution in [2.45, 2.75) is 39.2 Å². The van der Waals surface area contributed by atoms with E-state index in [2.05, 4.69) is 0 Å². The first-order valence-corrected chi connectivity index (χ1v) is 6.38. The summed E-state index contributed by atoms with van der Waals surface area (Å²) < 4.78 is 0. The number of phenols is 1. The molecule has 0 bridgehead atoms. The summed E-state index contributed by atoms with van der Waals surface area (Å²) in [5.41, 5.74) is 5.99. The molecule has 0 heterocycles. The van der Waals surface area contributed by atoms with Gasteiger partial charge in [-0.1, -0.05) is 19.9 Å². The van der Waals surface area contributed by atoms with Crippen LogP contribution in [0.2, 0.25) is 0 Å². The second-order valence-corrected chi connectivity index (χ2v) is 4.43. The highest BCUT2D eigenvalue weighted by molar-refractivity contribution is 6.00. The molecule has 0 unspecified atom stereocenters. The first-order chi connectivity index (χ1) is 8.48. The van der Waals surface area contributed by atoms with E-state index in [1.807, 2.05) is 20.8 Å². The van der Waals surface area contributed by atoms with E-state index in [1.54, 1.807) is 29.2 Å². The van der Waals surface area contributed by atoms with Gasteiger partial charge in [0.25, 0.3) is 0 Å². The molecule has 0 radical (unpaired) electrons. The number of amides is 1. The predicted molar refractivity (Wildman–Crippen MR) is 73.6 cm³/mol. The van der Waals surface area contributed by atoms with Crippen LogP contribution >= 0.6 is 0 Å². The quantitative estimate of drug-likeness (QED) is 0.842. The van der Waals surface area contributed by atoms with E-state index in [-0.39, 0.29) is 11.7 Å². The van der Waals surface area contributed by atoms with Gasteiger partial charge in [-0.15, -0.1) is 0 Å². The van der Waals surface area contributed by atoms with E-state index in [0.29, 0.717) is 25.1 Å². The van der Waals surface area contributed by atoms with Crippen molar-refractivity contribution < 1.29 is 9.90 Å². The summed E-state index contributed by atoms with van der Waals surface area (Å²) >= 11 is 0. The van der Waals surface area contributed by atoms with Gasteiger partial charge in [0, 0.05) is 18.3 Å². The SMILES string of the molecule is CCN(C(=O)C(N)(CC)CC)c1cccc(O)c1. The molecule has 0 aromatic heterocycles. The van der Waals surface area contributed by atoms with Crippen molar-refractivity contribution in [2.24, 2.45) is 5.73 Å². The van der Waals surface area contributed by atoms with E-state index in [1.165, 1.54) is 0 Å². The third-order valence-corrected chi connectivity index (χ3v) is 3.39. The lowest BCUT2D eigenvalue weighted by atomic mass is 9.92. The van der Waals surface area contributed by atoms with E-state index < -0.39 is 5.54 Å². The zero-order valence-electron chi connectivity index (χ0n) is 11.3. The van der Waals surface area contributed by atoms with Crippen molar-refractivity contribution in [1.82, 2.24) is 0 Å². The number of likely N-dealkylation sites (N-methyl/N-ethyl adjacent to an activating group) is 1. The highest BCUT2D eigenvalue weighted by Crippen LogP contribution is 2.24. The van der Waals surface area contributed by atoms with E-state index in [9.17, 15) is 9.90 Å². The molecule has 0 saturated carbocycles. The monoisotopic (exact) mass is 250 g/mol. The second kappa shape index (κ2) is 5.87. The second-order valence-electron chi connectivity index (χ2n) is 4.43. The van der Waals surface area contributed by atoms with Crippen LogP contribution in [0.1, 0.15) is 33.6 Å². The van der Waals surface area contributed by atoms with Gasteiger partial charge < -0.3 is 15.7 Å². The van der Waals surface area contributed by atoms with Gasteiger partial charge in [-0.2, -0.15) is 0 Å². The molecule has 0 fully saturated rings. The molecule has 0 saturated heterocycles. The Bertz CT molecular complexity index is 414. The Kier molecular flexibility index (Phi) is 4.73. The van der Waals surface area contributed by atoms with Crippen molar-refractivity contribution in [3.8, 4) is 5.75 Å². The third kappa shape index (κ3) is 2.82. The Morgan fingerprint density at radius 1 is 1.33 bits per heavy atom. The van der Waals surface area contributed by atoms with E-state index in [0.717, 1.165) is 0 Å². The lowest BCUT2D eigenvalue weighted by Gasteiger charge is -2.32. The maximum Gasteiger partial charge on any atom is 0.247 e. The van der Waals surface area contributed by atoms with Gasteiger partial charge in [-0.05, 0) is 31.9 Å². The summed E-state index contributed by atoms with van der Waals surface area (Å²) in [4.78, 5) is 14.1. The number of nitrogens with zero attached hydrogens (tertiary/aromatic N) is 1. The molecule has 3 N–H and O–H groups in total. The molecule has 4 heteroatoms. The molecule has 4 nitrogen and oxygen atoms in total. The minimum atomic E-state index is -0.832. The van der Waals surface area contributed by atoms with Crippen molar-refractivity contribution in [2.75, 3.05) is 11.4 Å². The fourth-order valence-corrected chi connectivity index (χ4v) is 1.93.